The number of hydrogen-bond donors (Lipinski definition) is 0. The number of Topliss-reactive ketones (excluding diaryl/α,β-unsaturated/α-hetero) is 1. The lowest BCUT2D eigenvalue weighted by Gasteiger charge is -2.00. The molecular weight excluding hydrogens is 224 g/mol. The molecule has 0 aliphatic rings. The van der Waals surface area contributed by atoms with Gasteiger partial charge >= 0.3 is 11.7 Å². The summed E-state index contributed by atoms with van der Waals surface area (Å²) in [6, 6.07) is 6.02. The summed E-state index contributed by atoms with van der Waals surface area (Å²) in [7, 11) is 2.58. The Balaban J connectivity index is 3.03. The van der Waals surface area contributed by atoms with Crippen LogP contribution in [0.15, 0.2) is 24.3 Å². The zero-order chi connectivity index (χ0) is 12.8. The Hall–Kier alpha value is -2.46. The lowest BCUT2D eigenvalue weighted by molar-refractivity contribution is -0.137. The number of rotatable bonds is 4. The maximum atomic E-state index is 11.7. The number of carbonyl (C=O) groups excluding carboxylic acids is 2. The summed E-state index contributed by atoms with van der Waals surface area (Å²) in [5, 5.41) is 0. The maximum absolute atomic E-state index is 11.7. The average Bonchev–Trinajstić information content (AvgIpc) is 2.39. The molecule has 1 aromatic rings. The van der Waals surface area contributed by atoms with Gasteiger partial charge in [-0.25, -0.2) is 4.79 Å². The summed E-state index contributed by atoms with van der Waals surface area (Å²) in [5.41, 5.74) is 8.13. The van der Waals surface area contributed by atoms with Gasteiger partial charge in [0.2, 0.25) is 0 Å². The van der Waals surface area contributed by atoms with Crippen molar-refractivity contribution < 1.29 is 23.9 Å². The van der Waals surface area contributed by atoms with E-state index in [1.165, 1.54) is 19.2 Å². The summed E-state index contributed by atoms with van der Waals surface area (Å²) in [4.78, 5) is 25.5. The van der Waals surface area contributed by atoms with Gasteiger partial charge in [-0.2, -0.15) is 4.79 Å². The lowest BCUT2D eigenvalue weighted by Crippen LogP contribution is -2.26. The molecule has 0 N–H and O–H groups in total. The first kappa shape index (κ1) is 12.6. The number of methoxy groups -OCH3 is 2. The Labute approximate surface area is 97.4 Å². The second-order valence-electron chi connectivity index (χ2n) is 3.00. The first-order valence-electron chi connectivity index (χ1n) is 4.63. The van der Waals surface area contributed by atoms with Crippen LogP contribution in [-0.4, -0.2) is 36.5 Å². The monoisotopic (exact) mass is 234 g/mol. The van der Waals surface area contributed by atoms with Crippen molar-refractivity contribution >= 4 is 17.5 Å². The van der Waals surface area contributed by atoms with E-state index in [1.807, 2.05) is 0 Å². The minimum absolute atomic E-state index is 0.198. The number of hydrogen-bond acceptors (Lipinski definition) is 4. The Morgan fingerprint density at radius 2 is 1.76 bits per heavy atom. The van der Waals surface area contributed by atoms with Gasteiger partial charge in [0.05, 0.1) is 14.2 Å². The molecule has 0 atom stereocenters. The molecule has 0 aliphatic heterocycles. The molecule has 1 rings (SSSR count). The minimum atomic E-state index is -0.992. The molecule has 0 spiro atoms. The molecule has 0 heterocycles. The van der Waals surface area contributed by atoms with E-state index in [0.29, 0.717) is 5.75 Å². The van der Waals surface area contributed by atoms with Gasteiger partial charge in [-0.1, -0.05) is 0 Å². The Bertz CT molecular complexity index is 487. The van der Waals surface area contributed by atoms with Gasteiger partial charge in [0.15, 0.2) is 0 Å². The van der Waals surface area contributed by atoms with E-state index < -0.39 is 17.5 Å². The SMILES string of the molecule is COC(=O)C(=[N+]=[N-])C(=O)c1ccc(OC)cc1. The second-order valence-corrected chi connectivity index (χ2v) is 3.00. The fraction of sp³-hybridized carbons (Fsp3) is 0.182. The quantitative estimate of drug-likeness (QED) is 0.192. The zero-order valence-corrected chi connectivity index (χ0v) is 9.34. The van der Waals surface area contributed by atoms with Crippen LogP contribution in [0.3, 0.4) is 0 Å². The second kappa shape index (κ2) is 5.58. The Morgan fingerprint density at radius 1 is 1.18 bits per heavy atom. The van der Waals surface area contributed by atoms with Crippen LogP contribution in [0.5, 0.6) is 5.75 Å². The highest BCUT2D eigenvalue weighted by Gasteiger charge is 2.31. The fourth-order valence-corrected chi connectivity index (χ4v) is 1.15. The largest absolute Gasteiger partial charge is 0.497 e. The third kappa shape index (κ3) is 2.76. The zero-order valence-electron chi connectivity index (χ0n) is 9.34. The predicted molar refractivity (Wildman–Crippen MR) is 58.0 cm³/mol. The van der Waals surface area contributed by atoms with Crippen LogP contribution in [0, 0.1) is 0 Å². The van der Waals surface area contributed by atoms with E-state index in [1.54, 1.807) is 12.1 Å². The van der Waals surface area contributed by atoms with Crippen molar-refractivity contribution in [2.45, 2.75) is 0 Å². The minimum Gasteiger partial charge on any atom is -0.497 e. The third-order valence-electron chi connectivity index (χ3n) is 2.05. The van der Waals surface area contributed by atoms with Crippen molar-refractivity contribution in [1.29, 1.82) is 0 Å². The Kier molecular flexibility index (Phi) is 4.14. The van der Waals surface area contributed by atoms with Gasteiger partial charge in [-0.3, -0.25) is 4.79 Å². The lowest BCUT2D eigenvalue weighted by atomic mass is 10.1. The van der Waals surface area contributed by atoms with E-state index >= 15 is 0 Å². The predicted octanol–water partition coefficient (Wildman–Crippen LogP) is 0.722. The van der Waals surface area contributed by atoms with Gasteiger partial charge < -0.3 is 15.0 Å². The van der Waals surface area contributed by atoms with Crippen LogP contribution in [0.25, 0.3) is 5.53 Å². The summed E-state index contributed by atoms with van der Waals surface area (Å²) in [6.07, 6.45) is 0. The van der Waals surface area contributed by atoms with Gasteiger partial charge in [0.1, 0.15) is 5.75 Å². The van der Waals surface area contributed by atoms with Crippen LogP contribution in [-0.2, 0) is 9.53 Å². The maximum Gasteiger partial charge on any atom is 0.446 e. The number of ether oxygens (including phenoxy) is 2. The number of carbonyl (C=O) groups is 2. The molecule has 0 fully saturated rings. The van der Waals surface area contributed by atoms with Crippen molar-refractivity contribution in [2.75, 3.05) is 14.2 Å². The van der Waals surface area contributed by atoms with Crippen LogP contribution in [0.4, 0.5) is 0 Å². The summed E-state index contributed by atoms with van der Waals surface area (Å²) < 4.78 is 9.24. The summed E-state index contributed by atoms with van der Waals surface area (Å²) >= 11 is 0. The highest BCUT2D eigenvalue weighted by Crippen LogP contribution is 2.12. The van der Waals surface area contributed by atoms with Crippen LogP contribution in [0.1, 0.15) is 10.4 Å². The summed E-state index contributed by atoms with van der Waals surface area (Å²) in [5.74, 6) is -1.14. The van der Waals surface area contributed by atoms with Gasteiger partial charge in [-0.05, 0) is 24.3 Å². The molecule has 0 unspecified atom stereocenters. The molecule has 0 bridgehead atoms. The molecule has 88 valence electrons. The molecular formula is C11H10N2O4. The van der Waals surface area contributed by atoms with Gasteiger partial charge in [0, 0.05) is 5.56 Å². The van der Waals surface area contributed by atoms with Gasteiger partial charge in [-0.15, -0.1) is 0 Å². The van der Waals surface area contributed by atoms with E-state index in [9.17, 15) is 9.59 Å². The van der Waals surface area contributed by atoms with E-state index in [4.69, 9.17) is 10.3 Å². The third-order valence-corrected chi connectivity index (χ3v) is 2.05. The topological polar surface area (TPSA) is 89.0 Å². The van der Waals surface area contributed by atoms with Crippen molar-refractivity contribution in [3.8, 4) is 5.75 Å². The molecule has 0 aliphatic carbocycles. The first-order valence-corrected chi connectivity index (χ1v) is 4.63. The Morgan fingerprint density at radius 3 is 2.18 bits per heavy atom. The molecule has 0 amide bonds. The van der Waals surface area contributed by atoms with E-state index in [0.717, 1.165) is 7.11 Å². The average molecular weight is 234 g/mol. The molecule has 6 nitrogen and oxygen atoms in total. The standard InChI is InChI=1S/C11H10N2O4/c1-16-8-5-3-7(4-6-8)10(14)9(13-12)11(15)17-2/h3-6H,1-2H3. The summed E-state index contributed by atoms with van der Waals surface area (Å²) in [6.45, 7) is 0. The van der Waals surface area contributed by atoms with Crippen LogP contribution < -0.4 is 4.74 Å². The van der Waals surface area contributed by atoms with E-state index in [-0.39, 0.29) is 5.56 Å². The molecule has 1 aromatic carbocycles. The highest BCUT2D eigenvalue weighted by atomic mass is 16.5. The molecule has 0 aromatic heterocycles. The number of benzene rings is 1. The first-order chi connectivity index (χ1) is 8.13. The number of ketones is 1. The van der Waals surface area contributed by atoms with Crippen molar-refractivity contribution in [3.05, 3.63) is 35.4 Å². The van der Waals surface area contributed by atoms with Crippen LogP contribution >= 0.6 is 0 Å². The molecule has 0 saturated carbocycles. The smallest absolute Gasteiger partial charge is 0.446 e. The van der Waals surface area contributed by atoms with E-state index in [2.05, 4.69) is 9.53 Å². The van der Waals surface area contributed by atoms with Gasteiger partial charge in [0.25, 0.3) is 5.78 Å². The van der Waals surface area contributed by atoms with Crippen molar-refractivity contribution in [2.24, 2.45) is 0 Å². The van der Waals surface area contributed by atoms with Crippen LogP contribution in [0.2, 0.25) is 0 Å². The fourth-order valence-electron chi connectivity index (χ4n) is 1.15. The number of nitrogens with zero attached hydrogens (tertiary/aromatic N) is 2. The molecule has 0 saturated heterocycles. The van der Waals surface area contributed by atoms with Crippen molar-refractivity contribution in [3.63, 3.8) is 0 Å². The van der Waals surface area contributed by atoms with Crippen molar-refractivity contribution in [1.82, 2.24) is 0 Å². The number of esters is 1. The molecule has 0 radical (unpaired) electrons. The normalized spacial score (nSPS) is 9.06. The molecule has 6 heteroatoms. The molecule has 17 heavy (non-hydrogen) atoms. The highest BCUT2D eigenvalue weighted by molar-refractivity contribution is 6.65.